The molecule has 3 N–H and O–H groups in total. The molecule has 0 aliphatic heterocycles. The first-order valence-corrected chi connectivity index (χ1v) is 6.75. The molecular weight excluding hydrogens is 256 g/mol. The van der Waals surface area contributed by atoms with E-state index in [1.165, 1.54) is 4.90 Å². The summed E-state index contributed by atoms with van der Waals surface area (Å²) in [5.74, 6) is -0.853. The molecule has 0 bridgehead atoms. The molecule has 110 valence electrons. The molecule has 0 unspecified atom stereocenters. The average Bonchev–Trinajstić information content (AvgIpc) is 2.38. The van der Waals surface area contributed by atoms with Crippen molar-refractivity contribution >= 4 is 17.6 Å². The summed E-state index contributed by atoms with van der Waals surface area (Å²) in [7, 11) is 0. The van der Waals surface area contributed by atoms with E-state index in [1.807, 2.05) is 32.0 Å². The number of nitrogens with two attached hydrogens (primary N) is 1. The molecule has 1 rings (SSSR count). The van der Waals surface area contributed by atoms with Crippen LogP contribution in [0.5, 0.6) is 0 Å². The zero-order valence-corrected chi connectivity index (χ0v) is 12.0. The summed E-state index contributed by atoms with van der Waals surface area (Å²) in [6.45, 7) is 4.12. The number of aliphatic carboxylic acids is 1. The van der Waals surface area contributed by atoms with Crippen LogP contribution in [0.1, 0.15) is 26.7 Å². The van der Waals surface area contributed by atoms with E-state index in [0.29, 0.717) is 18.0 Å². The lowest BCUT2D eigenvalue weighted by Gasteiger charge is -2.26. The number of amides is 1. The first-order chi connectivity index (χ1) is 9.41. The summed E-state index contributed by atoms with van der Waals surface area (Å²) in [5, 5.41) is 8.81. The highest BCUT2D eigenvalue weighted by Gasteiger charge is 2.23. The lowest BCUT2D eigenvalue weighted by atomic mass is 10.0. The molecule has 0 aliphatic carbocycles. The zero-order chi connectivity index (χ0) is 15.1. The number of carbonyl (C=O) groups excluding carboxylic acids is 1. The summed E-state index contributed by atoms with van der Waals surface area (Å²) in [5.41, 5.74) is 6.60. The largest absolute Gasteiger partial charge is 0.481 e. The molecule has 0 aromatic heterocycles. The number of carbonyl (C=O) groups is 2. The Morgan fingerprint density at radius 1 is 1.25 bits per heavy atom. The van der Waals surface area contributed by atoms with Gasteiger partial charge in [0, 0.05) is 12.2 Å². The molecule has 0 aliphatic rings. The third-order valence-electron chi connectivity index (χ3n) is 2.93. The van der Waals surface area contributed by atoms with Crippen molar-refractivity contribution in [2.24, 2.45) is 11.7 Å². The summed E-state index contributed by atoms with van der Waals surface area (Å²) < 4.78 is 0. The van der Waals surface area contributed by atoms with E-state index in [2.05, 4.69) is 0 Å². The molecular formula is C15H22N2O3. The third kappa shape index (κ3) is 5.01. The van der Waals surface area contributed by atoms with Crippen LogP contribution in [0.3, 0.4) is 0 Å². The van der Waals surface area contributed by atoms with E-state index in [9.17, 15) is 9.59 Å². The number of hydrogen-bond acceptors (Lipinski definition) is 3. The van der Waals surface area contributed by atoms with Crippen molar-refractivity contribution in [2.45, 2.75) is 32.7 Å². The van der Waals surface area contributed by atoms with Gasteiger partial charge in [-0.05, 0) is 24.5 Å². The number of para-hydroxylation sites is 1. The maximum atomic E-state index is 12.4. The molecule has 1 amide bonds. The van der Waals surface area contributed by atoms with Crippen molar-refractivity contribution in [1.82, 2.24) is 0 Å². The standard InChI is InChI=1S/C15H22N2O3/c1-11(2)10-13(16)15(20)17(9-8-14(18)19)12-6-4-3-5-7-12/h3-7,11,13H,8-10,16H2,1-2H3,(H,18,19)/t13-/m1/s1. The van der Waals surface area contributed by atoms with Gasteiger partial charge < -0.3 is 15.7 Å². The number of carboxylic acid groups (broad SMARTS) is 1. The van der Waals surface area contributed by atoms with Gasteiger partial charge in [-0.3, -0.25) is 9.59 Å². The van der Waals surface area contributed by atoms with Gasteiger partial charge in [0.1, 0.15) is 0 Å². The Morgan fingerprint density at radius 2 is 1.85 bits per heavy atom. The molecule has 5 heteroatoms. The zero-order valence-electron chi connectivity index (χ0n) is 12.0. The highest BCUT2D eigenvalue weighted by atomic mass is 16.4. The predicted octanol–water partition coefficient (Wildman–Crippen LogP) is 1.87. The van der Waals surface area contributed by atoms with Crippen LogP contribution in [0, 0.1) is 5.92 Å². The van der Waals surface area contributed by atoms with Gasteiger partial charge in [0.25, 0.3) is 0 Å². The van der Waals surface area contributed by atoms with E-state index in [4.69, 9.17) is 10.8 Å². The molecule has 0 saturated carbocycles. The van der Waals surface area contributed by atoms with Crippen LogP contribution in [-0.4, -0.2) is 29.6 Å². The van der Waals surface area contributed by atoms with E-state index >= 15 is 0 Å². The molecule has 1 atom stereocenters. The van der Waals surface area contributed by atoms with Gasteiger partial charge in [0.2, 0.25) is 5.91 Å². The van der Waals surface area contributed by atoms with Crippen LogP contribution >= 0.6 is 0 Å². The molecule has 0 radical (unpaired) electrons. The maximum Gasteiger partial charge on any atom is 0.305 e. The van der Waals surface area contributed by atoms with Gasteiger partial charge in [-0.2, -0.15) is 0 Å². The lowest BCUT2D eigenvalue weighted by Crippen LogP contribution is -2.45. The topological polar surface area (TPSA) is 83.6 Å². The van der Waals surface area contributed by atoms with Gasteiger partial charge >= 0.3 is 5.97 Å². The number of carboxylic acids is 1. The van der Waals surface area contributed by atoms with Crippen LogP contribution in [0.2, 0.25) is 0 Å². The van der Waals surface area contributed by atoms with Crippen molar-refractivity contribution in [3.63, 3.8) is 0 Å². The highest BCUT2D eigenvalue weighted by Crippen LogP contribution is 2.16. The Bertz CT molecular complexity index is 446. The first-order valence-electron chi connectivity index (χ1n) is 6.75. The Hall–Kier alpha value is -1.88. The van der Waals surface area contributed by atoms with Crippen molar-refractivity contribution < 1.29 is 14.7 Å². The second-order valence-corrected chi connectivity index (χ2v) is 5.21. The minimum absolute atomic E-state index is 0.102. The van der Waals surface area contributed by atoms with Gasteiger partial charge in [-0.25, -0.2) is 0 Å². The van der Waals surface area contributed by atoms with E-state index < -0.39 is 12.0 Å². The smallest absolute Gasteiger partial charge is 0.305 e. The maximum absolute atomic E-state index is 12.4. The van der Waals surface area contributed by atoms with Gasteiger partial charge in [-0.15, -0.1) is 0 Å². The number of hydrogen-bond donors (Lipinski definition) is 2. The van der Waals surface area contributed by atoms with Crippen molar-refractivity contribution in [1.29, 1.82) is 0 Å². The Morgan fingerprint density at radius 3 is 2.35 bits per heavy atom. The molecule has 0 fully saturated rings. The minimum atomic E-state index is -0.934. The van der Waals surface area contributed by atoms with Crippen molar-refractivity contribution in [2.75, 3.05) is 11.4 Å². The van der Waals surface area contributed by atoms with E-state index in [-0.39, 0.29) is 18.9 Å². The summed E-state index contributed by atoms with van der Waals surface area (Å²) in [4.78, 5) is 24.6. The number of benzene rings is 1. The number of rotatable bonds is 7. The molecule has 1 aromatic rings. The molecule has 1 aromatic carbocycles. The van der Waals surface area contributed by atoms with Crippen molar-refractivity contribution in [3.8, 4) is 0 Å². The summed E-state index contributed by atoms with van der Waals surface area (Å²) in [6, 6.07) is 8.42. The van der Waals surface area contributed by atoms with Crippen LogP contribution in [0.25, 0.3) is 0 Å². The SMILES string of the molecule is CC(C)C[C@@H](N)C(=O)N(CCC(=O)O)c1ccccc1. The fourth-order valence-electron chi connectivity index (χ4n) is 1.99. The van der Waals surface area contributed by atoms with E-state index in [1.54, 1.807) is 12.1 Å². The van der Waals surface area contributed by atoms with Gasteiger partial charge in [-0.1, -0.05) is 32.0 Å². The monoisotopic (exact) mass is 278 g/mol. The first kappa shape index (κ1) is 16.2. The third-order valence-corrected chi connectivity index (χ3v) is 2.93. The van der Waals surface area contributed by atoms with Crippen LogP contribution in [0.4, 0.5) is 5.69 Å². The summed E-state index contributed by atoms with van der Waals surface area (Å²) in [6.07, 6.45) is 0.476. The van der Waals surface area contributed by atoms with Crippen LogP contribution in [0.15, 0.2) is 30.3 Å². The molecule has 0 saturated heterocycles. The van der Waals surface area contributed by atoms with Gasteiger partial charge in [0.15, 0.2) is 0 Å². The fraction of sp³-hybridized carbons (Fsp3) is 0.467. The lowest BCUT2D eigenvalue weighted by molar-refractivity contribution is -0.136. The van der Waals surface area contributed by atoms with Crippen molar-refractivity contribution in [3.05, 3.63) is 30.3 Å². The Kier molecular flexibility index (Phi) is 6.18. The summed E-state index contributed by atoms with van der Waals surface area (Å²) >= 11 is 0. The molecule has 20 heavy (non-hydrogen) atoms. The number of anilines is 1. The second-order valence-electron chi connectivity index (χ2n) is 5.21. The van der Waals surface area contributed by atoms with Crippen LogP contribution in [-0.2, 0) is 9.59 Å². The van der Waals surface area contributed by atoms with Gasteiger partial charge in [0.05, 0.1) is 12.5 Å². The van der Waals surface area contributed by atoms with Crippen LogP contribution < -0.4 is 10.6 Å². The second kappa shape index (κ2) is 7.65. The number of nitrogens with zero attached hydrogens (tertiary/aromatic N) is 1. The predicted molar refractivity (Wildman–Crippen MR) is 78.5 cm³/mol. The Balaban J connectivity index is 2.87. The normalized spacial score (nSPS) is 12.2. The molecule has 5 nitrogen and oxygen atoms in total. The average molecular weight is 278 g/mol. The highest BCUT2D eigenvalue weighted by molar-refractivity contribution is 5.97. The van der Waals surface area contributed by atoms with E-state index in [0.717, 1.165) is 0 Å². The molecule has 0 spiro atoms. The fourth-order valence-corrected chi connectivity index (χ4v) is 1.99. The Labute approximate surface area is 119 Å². The quantitative estimate of drug-likeness (QED) is 0.797. The molecule has 0 heterocycles. The minimum Gasteiger partial charge on any atom is -0.481 e.